The van der Waals surface area contributed by atoms with E-state index < -0.39 is 0 Å². The summed E-state index contributed by atoms with van der Waals surface area (Å²) in [4.78, 5) is 33.3. The van der Waals surface area contributed by atoms with E-state index in [1.54, 1.807) is 0 Å². The SMILES string of the molecule is c1cc(-c2cc(-c3ccncc3)cc(-c3ccncc3)c2)cc(-c2ccc3c4ccccc4c4ccccc4c3c2)c1.c1ccc(-c2cc(-c3ccccc3)nc(-c3cccc(-c4ccc5c6ccccc6c6ccccc6c5c4)c3)n2)cc1.c1ccc(-c2nc(-c3ccccc3)nc(-c3cccc(-c4ccc5c6ccccc6c6ccccc6c5c4)c3)n2)cc1. The molecule has 24 rings (SSSR count). The van der Waals surface area contributed by atoms with Crippen LogP contribution in [0.4, 0.5) is 0 Å². The minimum atomic E-state index is 0.654. The number of fused-ring (bicyclic) bond motifs is 18. The Bertz CT molecular complexity index is 7200. The highest BCUT2D eigenvalue weighted by molar-refractivity contribution is 6.28. The van der Waals surface area contributed by atoms with Crippen molar-refractivity contribution in [2.45, 2.75) is 0 Å². The highest BCUT2D eigenvalue weighted by atomic mass is 15.0. The standard InChI is InChI=1S/2C40H26N2.C39H25N3/c1-3-12-27(13-4-1)38-26-39(28-14-5-2-6-15-28)42-40(41-38)31-17-11-16-29(24-31)30-22-23-36-34-20-8-7-18-32(34)33-19-9-10-21-35(33)37(36)25-30;1-2-10-37-35(8-1)36-9-3-4-11-38(36)40-26-31(12-13-39(37)40)29-6-5-7-30(22-29)34-24-32(27-14-18-41-19-15-27)23-33(25-34)28-16-20-42-21-17-28;1-3-12-26(13-4-1)37-40-38(27-14-5-2-6-15-27)42-39(41-37)30-17-11-16-28(24-30)29-22-23-35-33-20-8-7-18-31(33)32-19-9-10-21-34(32)36(35)25-29/h2*1-26H;1-25H. The minimum absolute atomic E-state index is 0.654. The van der Waals surface area contributed by atoms with E-state index in [-0.39, 0.29) is 0 Å². The molecule has 0 aliphatic rings. The summed E-state index contributed by atoms with van der Waals surface area (Å²) in [6.45, 7) is 0. The molecule has 7 heteroatoms. The molecule has 0 unspecified atom stereocenters. The van der Waals surface area contributed by atoms with Gasteiger partial charge in [0.2, 0.25) is 0 Å². The third-order valence-electron chi connectivity index (χ3n) is 24.2. The molecular formula is C119H77N7. The summed E-state index contributed by atoms with van der Waals surface area (Å²) < 4.78 is 0. The fraction of sp³-hybridized carbons (Fsp3) is 0. The maximum Gasteiger partial charge on any atom is 0.164 e. The number of rotatable bonds is 12. The zero-order valence-electron chi connectivity index (χ0n) is 68.6. The van der Waals surface area contributed by atoms with E-state index in [0.29, 0.717) is 23.3 Å². The van der Waals surface area contributed by atoms with Gasteiger partial charge in [-0.2, -0.15) is 0 Å². The average Bonchev–Trinajstić information content (AvgIpc) is 0.748. The van der Waals surface area contributed by atoms with Gasteiger partial charge in [0.25, 0.3) is 0 Å². The lowest BCUT2D eigenvalue weighted by molar-refractivity contribution is 1.07. The van der Waals surface area contributed by atoms with Crippen molar-refractivity contribution in [1.82, 2.24) is 34.9 Å². The predicted molar refractivity (Wildman–Crippen MR) is 527 cm³/mol. The average molecular weight is 1600 g/mol. The van der Waals surface area contributed by atoms with Crippen LogP contribution in [0.3, 0.4) is 0 Å². The largest absolute Gasteiger partial charge is 0.265 e. The van der Waals surface area contributed by atoms with Crippen LogP contribution < -0.4 is 0 Å². The number of pyridine rings is 2. The number of benzene rings is 20. The van der Waals surface area contributed by atoms with E-state index in [2.05, 4.69) is 356 Å². The summed E-state index contributed by atoms with van der Waals surface area (Å²) in [6.07, 6.45) is 7.39. The Hall–Kier alpha value is -16.9. The zero-order valence-corrected chi connectivity index (χ0v) is 68.6. The monoisotopic (exact) mass is 1600 g/mol. The molecule has 126 heavy (non-hydrogen) atoms. The van der Waals surface area contributed by atoms with Gasteiger partial charge in [-0.3, -0.25) is 9.97 Å². The fourth-order valence-corrected chi connectivity index (χ4v) is 18.1. The molecule has 0 fully saturated rings. The van der Waals surface area contributed by atoms with Gasteiger partial charge in [0.1, 0.15) is 0 Å². The molecule has 0 saturated heterocycles. The van der Waals surface area contributed by atoms with Crippen molar-refractivity contribution in [1.29, 1.82) is 0 Å². The third-order valence-corrected chi connectivity index (χ3v) is 24.2. The third kappa shape index (κ3) is 14.7. The molecule has 0 spiro atoms. The van der Waals surface area contributed by atoms with Gasteiger partial charge in [0, 0.05) is 58.2 Å². The van der Waals surface area contributed by atoms with E-state index in [1.807, 2.05) is 122 Å². The molecule has 0 radical (unpaired) electrons. The molecular weight excluding hydrogens is 1530 g/mol. The van der Waals surface area contributed by atoms with Gasteiger partial charge in [-0.05, 0) is 249 Å². The molecule has 0 amide bonds. The van der Waals surface area contributed by atoms with Crippen molar-refractivity contribution >= 4 is 97.0 Å². The second-order valence-electron chi connectivity index (χ2n) is 31.8. The number of aromatic nitrogens is 7. The second kappa shape index (κ2) is 33.3. The Morgan fingerprint density at radius 3 is 0.603 bits per heavy atom. The second-order valence-corrected chi connectivity index (χ2v) is 31.8. The van der Waals surface area contributed by atoms with Crippen LogP contribution in [0.2, 0.25) is 0 Å². The highest BCUT2D eigenvalue weighted by Gasteiger charge is 2.20. The Balaban J connectivity index is 0.000000112. The maximum absolute atomic E-state index is 5.05. The number of hydrogen-bond donors (Lipinski definition) is 0. The van der Waals surface area contributed by atoms with Crippen molar-refractivity contribution in [3.8, 4) is 135 Å². The first-order valence-electron chi connectivity index (χ1n) is 42.6. The van der Waals surface area contributed by atoms with Gasteiger partial charge >= 0.3 is 0 Å². The summed E-state index contributed by atoms with van der Waals surface area (Å²) in [5.41, 5.74) is 21.8. The molecule has 4 heterocycles. The summed E-state index contributed by atoms with van der Waals surface area (Å²) >= 11 is 0. The first-order chi connectivity index (χ1) is 62.4. The molecule has 0 bridgehead atoms. The first kappa shape index (κ1) is 75.3. The summed E-state index contributed by atoms with van der Waals surface area (Å²) in [6, 6.07) is 157. The first-order valence-corrected chi connectivity index (χ1v) is 42.6. The molecule has 4 aromatic heterocycles. The predicted octanol–water partition coefficient (Wildman–Crippen LogP) is 31.2. The van der Waals surface area contributed by atoms with Crippen LogP contribution in [-0.2, 0) is 0 Å². The number of nitrogens with zero attached hydrogens (tertiary/aromatic N) is 7. The molecule has 588 valence electrons. The van der Waals surface area contributed by atoms with Gasteiger partial charge in [-0.25, -0.2) is 24.9 Å². The fourth-order valence-electron chi connectivity index (χ4n) is 18.1. The smallest absolute Gasteiger partial charge is 0.164 e. The maximum atomic E-state index is 5.05. The van der Waals surface area contributed by atoms with E-state index in [4.69, 9.17) is 24.9 Å². The molecule has 0 aliphatic carbocycles. The number of hydrogen-bond acceptors (Lipinski definition) is 7. The van der Waals surface area contributed by atoms with E-state index in [0.717, 1.165) is 83.7 Å². The summed E-state index contributed by atoms with van der Waals surface area (Å²) in [5, 5.41) is 23.0. The van der Waals surface area contributed by atoms with Crippen molar-refractivity contribution in [2.75, 3.05) is 0 Å². The molecule has 0 N–H and O–H groups in total. The molecule has 0 aliphatic heterocycles. The van der Waals surface area contributed by atoms with Crippen LogP contribution in [0.15, 0.2) is 468 Å². The molecule has 0 saturated carbocycles. The van der Waals surface area contributed by atoms with E-state index in [9.17, 15) is 0 Å². The normalized spacial score (nSPS) is 11.3. The lowest BCUT2D eigenvalue weighted by Gasteiger charge is -2.14. The van der Waals surface area contributed by atoms with Crippen molar-refractivity contribution in [3.05, 3.63) is 468 Å². The van der Waals surface area contributed by atoms with Crippen molar-refractivity contribution in [3.63, 3.8) is 0 Å². The van der Waals surface area contributed by atoms with Crippen molar-refractivity contribution in [2.24, 2.45) is 0 Å². The van der Waals surface area contributed by atoms with Crippen LogP contribution in [0.5, 0.6) is 0 Å². The summed E-state index contributed by atoms with van der Waals surface area (Å²) in [5.74, 6) is 2.69. The van der Waals surface area contributed by atoms with E-state index in [1.165, 1.54) is 125 Å². The van der Waals surface area contributed by atoms with Crippen LogP contribution >= 0.6 is 0 Å². The van der Waals surface area contributed by atoms with Crippen molar-refractivity contribution < 1.29 is 0 Å². The Morgan fingerprint density at radius 1 is 0.103 bits per heavy atom. The summed E-state index contributed by atoms with van der Waals surface area (Å²) in [7, 11) is 0. The Kier molecular flexibility index (Phi) is 19.9. The van der Waals surface area contributed by atoms with Gasteiger partial charge < -0.3 is 0 Å². The van der Waals surface area contributed by atoms with Crippen LogP contribution in [0, 0.1) is 0 Å². The zero-order chi connectivity index (χ0) is 83.6. The van der Waals surface area contributed by atoms with E-state index >= 15 is 0 Å². The van der Waals surface area contributed by atoms with Gasteiger partial charge in [0.15, 0.2) is 23.3 Å². The molecule has 0 atom stereocenters. The van der Waals surface area contributed by atoms with Gasteiger partial charge in [-0.1, -0.05) is 358 Å². The lowest BCUT2D eigenvalue weighted by atomic mass is 9.90. The molecule has 24 aromatic rings. The minimum Gasteiger partial charge on any atom is -0.265 e. The Morgan fingerprint density at radius 2 is 0.302 bits per heavy atom. The topological polar surface area (TPSA) is 90.2 Å². The van der Waals surface area contributed by atoms with Crippen LogP contribution in [0.1, 0.15) is 0 Å². The van der Waals surface area contributed by atoms with Crippen LogP contribution in [0.25, 0.3) is 232 Å². The Labute approximate surface area is 729 Å². The quantitative estimate of drug-likeness (QED) is 0.113. The van der Waals surface area contributed by atoms with Gasteiger partial charge in [0.05, 0.1) is 11.4 Å². The lowest BCUT2D eigenvalue weighted by Crippen LogP contribution is -2.00. The highest BCUT2D eigenvalue weighted by Crippen LogP contribution is 2.44. The molecule has 20 aromatic carbocycles. The van der Waals surface area contributed by atoms with Crippen LogP contribution in [-0.4, -0.2) is 34.9 Å². The van der Waals surface area contributed by atoms with Gasteiger partial charge in [-0.15, -0.1) is 0 Å². The molecule has 7 nitrogen and oxygen atoms in total.